The van der Waals surface area contributed by atoms with Gasteiger partial charge in [0.05, 0.1) is 5.02 Å². The molecule has 120 valence electrons. The van der Waals surface area contributed by atoms with Gasteiger partial charge in [-0.2, -0.15) is 0 Å². The van der Waals surface area contributed by atoms with Gasteiger partial charge in [-0.3, -0.25) is 0 Å². The third-order valence-electron chi connectivity index (χ3n) is 3.35. The molecule has 0 unspecified atom stereocenters. The number of anilines is 1. The number of benzene rings is 1. The summed E-state index contributed by atoms with van der Waals surface area (Å²) < 4.78 is 11.1. The van der Waals surface area contributed by atoms with E-state index in [1.54, 1.807) is 6.20 Å². The number of aryl methyl sites for hydroxylation is 1. The first-order chi connectivity index (χ1) is 11.1. The Hall–Kier alpha value is -2.05. The number of thiocarbonyl (C=S) groups is 1. The van der Waals surface area contributed by atoms with E-state index in [0.717, 1.165) is 22.6 Å². The van der Waals surface area contributed by atoms with Crippen LogP contribution in [0.1, 0.15) is 11.1 Å². The van der Waals surface area contributed by atoms with E-state index < -0.39 is 0 Å². The highest BCUT2D eigenvalue weighted by atomic mass is 35.5. The third-order valence-corrected chi connectivity index (χ3v) is 3.99. The van der Waals surface area contributed by atoms with Crippen molar-refractivity contribution in [2.45, 2.75) is 13.5 Å². The summed E-state index contributed by atoms with van der Waals surface area (Å²) in [7, 11) is 0. The van der Waals surface area contributed by atoms with Gasteiger partial charge in [-0.1, -0.05) is 17.7 Å². The van der Waals surface area contributed by atoms with E-state index in [1.165, 1.54) is 0 Å². The largest absolute Gasteiger partial charge is 0.486 e. The minimum atomic E-state index is 0.495. The summed E-state index contributed by atoms with van der Waals surface area (Å²) >= 11 is 11.2. The van der Waals surface area contributed by atoms with Gasteiger partial charge in [0.15, 0.2) is 16.6 Å². The maximum atomic E-state index is 5.96. The molecule has 1 aliphatic rings. The lowest BCUT2D eigenvalue weighted by Gasteiger charge is -2.19. The van der Waals surface area contributed by atoms with Crippen LogP contribution in [-0.4, -0.2) is 23.3 Å². The van der Waals surface area contributed by atoms with Crippen LogP contribution in [0.2, 0.25) is 5.02 Å². The molecule has 23 heavy (non-hydrogen) atoms. The number of halogens is 1. The zero-order valence-electron chi connectivity index (χ0n) is 12.6. The molecule has 2 aromatic rings. The van der Waals surface area contributed by atoms with Gasteiger partial charge in [0.25, 0.3) is 0 Å². The van der Waals surface area contributed by atoms with Gasteiger partial charge in [0, 0.05) is 12.7 Å². The molecule has 0 saturated heterocycles. The number of fused-ring (bicyclic) bond motifs is 1. The maximum absolute atomic E-state index is 5.96. The summed E-state index contributed by atoms with van der Waals surface area (Å²) in [4.78, 5) is 4.18. The Morgan fingerprint density at radius 1 is 1.26 bits per heavy atom. The van der Waals surface area contributed by atoms with Crippen LogP contribution in [0.15, 0.2) is 30.5 Å². The molecule has 5 nitrogen and oxygen atoms in total. The van der Waals surface area contributed by atoms with Crippen molar-refractivity contribution in [2.24, 2.45) is 0 Å². The van der Waals surface area contributed by atoms with Crippen molar-refractivity contribution in [1.29, 1.82) is 0 Å². The number of pyridine rings is 1. The fourth-order valence-electron chi connectivity index (χ4n) is 2.15. The molecule has 1 aromatic carbocycles. The fourth-order valence-corrected chi connectivity index (χ4v) is 2.43. The number of hydrogen-bond acceptors (Lipinski definition) is 4. The first-order valence-electron chi connectivity index (χ1n) is 7.17. The van der Waals surface area contributed by atoms with Crippen molar-refractivity contribution < 1.29 is 9.47 Å². The molecule has 1 aromatic heterocycles. The summed E-state index contributed by atoms with van der Waals surface area (Å²) in [6, 6.07) is 7.69. The Morgan fingerprint density at radius 3 is 2.83 bits per heavy atom. The number of nitrogens with zero attached hydrogens (tertiary/aromatic N) is 1. The summed E-state index contributed by atoms with van der Waals surface area (Å²) in [6.07, 6.45) is 1.60. The Bertz CT molecular complexity index is 739. The Labute approximate surface area is 145 Å². The summed E-state index contributed by atoms with van der Waals surface area (Å²) in [5.41, 5.74) is 2.00. The van der Waals surface area contributed by atoms with Crippen LogP contribution in [0.25, 0.3) is 0 Å². The molecule has 3 rings (SSSR count). The minimum Gasteiger partial charge on any atom is -0.486 e. The van der Waals surface area contributed by atoms with Crippen LogP contribution < -0.4 is 20.1 Å². The van der Waals surface area contributed by atoms with E-state index in [-0.39, 0.29) is 0 Å². The topological polar surface area (TPSA) is 55.4 Å². The smallest absolute Gasteiger partial charge is 0.172 e. The van der Waals surface area contributed by atoms with E-state index in [1.807, 2.05) is 31.2 Å². The lowest BCUT2D eigenvalue weighted by Crippen LogP contribution is -2.28. The normalized spacial score (nSPS) is 12.6. The van der Waals surface area contributed by atoms with Crippen molar-refractivity contribution in [3.05, 3.63) is 46.6 Å². The van der Waals surface area contributed by atoms with E-state index in [9.17, 15) is 0 Å². The average Bonchev–Trinajstić information content (AvgIpc) is 2.56. The molecule has 7 heteroatoms. The minimum absolute atomic E-state index is 0.495. The highest BCUT2D eigenvalue weighted by Crippen LogP contribution is 2.30. The molecule has 0 fully saturated rings. The van der Waals surface area contributed by atoms with E-state index >= 15 is 0 Å². The molecular formula is C16H16ClN3O2S. The first-order valence-corrected chi connectivity index (χ1v) is 7.96. The van der Waals surface area contributed by atoms with Gasteiger partial charge in [-0.15, -0.1) is 0 Å². The van der Waals surface area contributed by atoms with Crippen LogP contribution in [0.3, 0.4) is 0 Å². The molecule has 0 spiro atoms. The fraction of sp³-hybridized carbons (Fsp3) is 0.250. The number of rotatable bonds is 3. The van der Waals surface area contributed by atoms with Crippen molar-refractivity contribution in [2.75, 3.05) is 18.5 Å². The number of hydrogen-bond donors (Lipinski definition) is 2. The maximum Gasteiger partial charge on any atom is 0.172 e. The van der Waals surface area contributed by atoms with Crippen LogP contribution in [-0.2, 0) is 6.54 Å². The van der Waals surface area contributed by atoms with E-state index in [0.29, 0.717) is 35.7 Å². The van der Waals surface area contributed by atoms with Gasteiger partial charge in [0.1, 0.15) is 19.0 Å². The average molecular weight is 350 g/mol. The Kier molecular flexibility index (Phi) is 4.83. The predicted molar refractivity (Wildman–Crippen MR) is 94.5 cm³/mol. The van der Waals surface area contributed by atoms with Crippen molar-refractivity contribution in [3.63, 3.8) is 0 Å². The molecule has 2 heterocycles. The molecular weight excluding hydrogens is 334 g/mol. The highest BCUT2D eigenvalue weighted by molar-refractivity contribution is 7.80. The van der Waals surface area contributed by atoms with Gasteiger partial charge in [-0.05, 0) is 48.5 Å². The highest BCUT2D eigenvalue weighted by Gasteiger charge is 2.11. The zero-order valence-corrected chi connectivity index (χ0v) is 14.1. The molecule has 0 saturated carbocycles. The monoisotopic (exact) mass is 349 g/mol. The number of aromatic nitrogens is 1. The molecule has 2 N–H and O–H groups in total. The molecule has 0 amide bonds. The SMILES string of the molecule is Cc1cc(NC(=S)NCc2ccc3c(c2)OCCO3)ncc1Cl. The van der Waals surface area contributed by atoms with Gasteiger partial charge in [-0.25, -0.2) is 4.98 Å². The van der Waals surface area contributed by atoms with Crippen LogP contribution >= 0.6 is 23.8 Å². The lowest BCUT2D eigenvalue weighted by molar-refractivity contribution is 0.171. The quantitative estimate of drug-likeness (QED) is 0.829. The Balaban J connectivity index is 1.57. The Morgan fingerprint density at radius 2 is 2.04 bits per heavy atom. The van der Waals surface area contributed by atoms with Gasteiger partial charge >= 0.3 is 0 Å². The van der Waals surface area contributed by atoms with Crippen molar-refractivity contribution in [1.82, 2.24) is 10.3 Å². The third kappa shape index (κ3) is 4.03. The van der Waals surface area contributed by atoms with Gasteiger partial charge in [0.2, 0.25) is 0 Å². The molecule has 0 atom stereocenters. The molecule has 0 aliphatic carbocycles. The molecule has 0 bridgehead atoms. The van der Waals surface area contributed by atoms with Crippen molar-refractivity contribution in [3.8, 4) is 11.5 Å². The lowest BCUT2D eigenvalue weighted by atomic mass is 10.2. The van der Waals surface area contributed by atoms with Crippen LogP contribution in [0, 0.1) is 6.92 Å². The van der Waals surface area contributed by atoms with E-state index in [2.05, 4.69) is 15.6 Å². The van der Waals surface area contributed by atoms with E-state index in [4.69, 9.17) is 33.3 Å². The van der Waals surface area contributed by atoms with Crippen LogP contribution in [0.5, 0.6) is 11.5 Å². The summed E-state index contributed by atoms with van der Waals surface area (Å²) in [5.74, 6) is 2.21. The predicted octanol–water partition coefficient (Wildman–Crippen LogP) is 3.30. The molecule has 1 aliphatic heterocycles. The summed E-state index contributed by atoms with van der Waals surface area (Å²) in [6.45, 7) is 3.66. The second-order valence-corrected chi connectivity index (χ2v) is 5.92. The van der Waals surface area contributed by atoms with Gasteiger partial charge < -0.3 is 20.1 Å². The van der Waals surface area contributed by atoms with Crippen LogP contribution in [0.4, 0.5) is 5.82 Å². The second-order valence-electron chi connectivity index (χ2n) is 5.10. The van der Waals surface area contributed by atoms with Crippen molar-refractivity contribution >= 4 is 34.7 Å². The molecule has 0 radical (unpaired) electrons. The standard InChI is InChI=1S/C16H16ClN3O2S/c1-10-6-15(18-9-12(10)17)20-16(23)19-8-11-2-3-13-14(7-11)22-5-4-21-13/h2-3,6-7,9H,4-5,8H2,1H3,(H2,18,19,20,23). The number of nitrogens with one attached hydrogen (secondary N) is 2. The zero-order chi connectivity index (χ0) is 16.2. The first kappa shape index (κ1) is 15.8. The summed E-state index contributed by atoms with van der Waals surface area (Å²) in [5, 5.41) is 7.30. The second kappa shape index (κ2) is 7.02. The number of ether oxygens (including phenoxy) is 2.